The van der Waals surface area contributed by atoms with Gasteiger partial charge in [-0.1, -0.05) is 0 Å². The molecule has 0 unspecified atom stereocenters. The highest BCUT2D eigenvalue weighted by atomic mass is 32.1. The molecular weight excluding hydrogens is 248 g/mol. The van der Waals surface area contributed by atoms with Crippen LogP contribution in [0.4, 0.5) is 0 Å². The summed E-state index contributed by atoms with van der Waals surface area (Å²) in [6.07, 6.45) is 3.35. The topological polar surface area (TPSA) is 49.5 Å². The van der Waals surface area contributed by atoms with Crippen molar-refractivity contribution in [2.24, 2.45) is 0 Å². The molecule has 2 aromatic heterocycles. The maximum Gasteiger partial charge on any atom is 0.126 e. The summed E-state index contributed by atoms with van der Waals surface area (Å²) in [5.41, 5.74) is 1.79. The van der Waals surface area contributed by atoms with Crippen molar-refractivity contribution in [3.8, 4) is 10.6 Å². The molecule has 0 bridgehead atoms. The first-order chi connectivity index (χ1) is 8.53. The number of thiazole rings is 1. The van der Waals surface area contributed by atoms with Crippen LogP contribution in [0.25, 0.3) is 10.6 Å². The fourth-order valence-corrected chi connectivity index (χ4v) is 2.27. The average Bonchev–Trinajstić information content (AvgIpc) is 2.98. The fraction of sp³-hybridized carbons (Fsp3) is 0.462. The molecule has 2 heterocycles. The lowest BCUT2D eigenvalue weighted by atomic mass is 10.1. The Bertz CT molecular complexity index is 491. The van der Waals surface area contributed by atoms with Gasteiger partial charge in [-0.15, -0.1) is 11.3 Å². The second-order valence-electron chi connectivity index (χ2n) is 4.98. The minimum Gasteiger partial charge on any atom is -0.472 e. The van der Waals surface area contributed by atoms with Gasteiger partial charge < -0.3 is 9.52 Å². The average molecular weight is 266 g/mol. The molecule has 1 N–H and O–H groups in total. The molecule has 18 heavy (non-hydrogen) atoms. The van der Waals surface area contributed by atoms with E-state index in [-0.39, 0.29) is 12.1 Å². The predicted molar refractivity (Wildman–Crippen MR) is 72.4 cm³/mol. The molecule has 0 saturated carbocycles. The van der Waals surface area contributed by atoms with Crippen LogP contribution in [0, 0.1) is 0 Å². The van der Waals surface area contributed by atoms with E-state index in [4.69, 9.17) is 4.42 Å². The van der Waals surface area contributed by atoms with Crippen molar-refractivity contribution < 1.29 is 9.52 Å². The van der Waals surface area contributed by atoms with E-state index in [0.29, 0.717) is 0 Å². The Morgan fingerprint density at radius 2 is 2.28 bits per heavy atom. The van der Waals surface area contributed by atoms with Gasteiger partial charge in [0.05, 0.1) is 18.6 Å². The van der Waals surface area contributed by atoms with Gasteiger partial charge in [0, 0.05) is 23.0 Å². The first-order valence-corrected chi connectivity index (χ1v) is 6.70. The van der Waals surface area contributed by atoms with Gasteiger partial charge in [0.2, 0.25) is 0 Å². The van der Waals surface area contributed by atoms with Gasteiger partial charge >= 0.3 is 0 Å². The number of furan rings is 1. The van der Waals surface area contributed by atoms with Crippen LogP contribution in [0.5, 0.6) is 0 Å². The van der Waals surface area contributed by atoms with Crippen LogP contribution >= 0.6 is 11.3 Å². The van der Waals surface area contributed by atoms with Crippen LogP contribution in [-0.2, 0) is 6.54 Å². The Morgan fingerprint density at radius 1 is 1.50 bits per heavy atom. The maximum absolute atomic E-state index is 9.33. The van der Waals surface area contributed by atoms with Crippen molar-refractivity contribution in [1.29, 1.82) is 0 Å². The van der Waals surface area contributed by atoms with Crippen LogP contribution in [0.2, 0.25) is 0 Å². The molecule has 2 aromatic rings. The van der Waals surface area contributed by atoms with E-state index in [1.165, 1.54) is 0 Å². The summed E-state index contributed by atoms with van der Waals surface area (Å²) >= 11 is 1.61. The summed E-state index contributed by atoms with van der Waals surface area (Å²) in [5.74, 6) is 0. The van der Waals surface area contributed by atoms with Crippen LogP contribution in [0.3, 0.4) is 0 Å². The van der Waals surface area contributed by atoms with Gasteiger partial charge in [0.1, 0.15) is 11.3 Å². The Balaban J connectivity index is 2.08. The van der Waals surface area contributed by atoms with Gasteiger partial charge in [-0.3, -0.25) is 4.90 Å². The predicted octanol–water partition coefficient (Wildman–Crippen LogP) is 2.61. The van der Waals surface area contributed by atoms with E-state index in [0.717, 1.165) is 22.8 Å². The van der Waals surface area contributed by atoms with Gasteiger partial charge in [-0.25, -0.2) is 4.98 Å². The molecule has 0 fully saturated rings. The van der Waals surface area contributed by atoms with Crippen LogP contribution < -0.4 is 0 Å². The van der Waals surface area contributed by atoms with Gasteiger partial charge in [-0.05, 0) is 27.0 Å². The molecular formula is C13H18N2O2S. The number of aliphatic hydroxyl groups is 1. The number of hydrogen-bond donors (Lipinski definition) is 1. The molecule has 0 aliphatic heterocycles. The minimum absolute atomic E-state index is 0.127. The second kappa shape index (κ2) is 5.22. The van der Waals surface area contributed by atoms with E-state index < -0.39 is 0 Å². The summed E-state index contributed by atoms with van der Waals surface area (Å²) < 4.78 is 5.05. The molecule has 4 nitrogen and oxygen atoms in total. The van der Waals surface area contributed by atoms with Gasteiger partial charge in [-0.2, -0.15) is 0 Å². The Hall–Kier alpha value is -1.17. The van der Waals surface area contributed by atoms with E-state index in [9.17, 15) is 5.11 Å². The third kappa shape index (κ3) is 2.80. The molecule has 5 heteroatoms. The molecule has 0 aliphatic carbocycles. The number of aliphatic hydroxyl groups excluding tert-OH is 1. The molecule has 0 aliphatic rings. The van der Waals surface area contributed by atoms with Crippen LogP contribution in [0.15, 0.2) is 28.4 Å². The molecule has 2 rings (SSSR count). The van der Waals surface area contributed by atoms with E-state index in [2.05, 4.69) is 9.88 Å². The van der Waals surface area contributed by atoms with Gasteiger partial charge in [0.25, 0.3) is 0 Å². The number of hydrogen-bond acceptors (Lipinski definition) is 5. The highest BCUT2D eigenvalue weighted by Crippen LogP contribution is 2.25. The zero-order chi connectivity index (χ0) is 13.2. The maximum atomic E-state index is 9.33. The van der Waals surface area contributed by atoms with E-state index in [1.54, 1.807) is 23.9 Å². The molecule has 0 amide bonds. The third-order valence-electron chi connectivity index (χ3n) is 3.14. The molecule has 0 aromatic carbocycles. The van der Waals surface area contributed by atoms with Crippen molar-refractivity contribution in [3.05, 3.63) is 29.7 Å². The van der Waals surface area contributed by atoms with E-state index >= 15 is 0 Å². The molecule has 98 valence electrons. The zero-order valence-electron chi connectivity index (χ0n) is 10.9. The molecule has 0 radical (unpaired) electrons. The van der Waals surface area contributed by atoms with Crippen molar-refractivity contribution in [2.75, 3.05) is 13.7 Å². The number of rotatable bonds is 5. The largest absolute Gasteiger partial charge is 0.472 e. The third-order valence-corrected chi connectivity index (χ3v) is 4.08. The second-order valence-corrected chi connectivity index (χ2v) is 5.84. The van der Waals surface area contributed by atoms with Crippen molar-refractivity contribution in [3.63, 3.8) is 0 Å². The van der Waals surface area contributed by atoms with Crippen LogP contribution in [0.1, 0.15) is 19.5 Å². The summed E-state index contributed by atoms with van der Waals surface area (Å²) in [6, 6.07) is 1.91. The lowest BCUT2D eigenvalue weighted by Gasteiger charge is -2.33. The van der Waals surface area contributed by atoms with Crippen molar-refractivity contribution >= 4 is 11.3 Å². The summed E-state index contributed by atoms with van der Waals surface area (Å²) in [6.45, 7) is 4.87. The van der Waals surface area contributed by atoms with Crippen molar-refractivity contribution in [1.82, 2.24) is 9.88 Å². The highest BCUT2D eigenvalue weighted by molar-refractivity contribution is 7.13. The normalized spacial score (nSPS) is 12.3. The highest BCUT2D eigenvalue weighted by Gasteiger charge is 2.23. The first kappa shape index (κ1) is 13.3. The Morgan fingerprint density at radius 3 is 2.89 bits per heavy atom. The standard InChI is InChI=1S/C13H18N2O2S/c1-13(2,9-16)15(3)6-11-8-18-12(14-11)10-4-5-17-7-10/h4-5,7-8,16H,6,9H2,1-3H3. The quantitative estimate of drug-likeness (QED) is 0.903. The Kier molecular flexibility index (Phi) is 3.85. The van der Waals surface area contributed by atoms with Crippen molar-refractivity contribution in [2.45, 2.75) is 25.9 Å². The molecule has 0 spiro atoms. The number of nitrogens with zero attached hydrogens (tertiary/aromatic N) is 2. The van der Waals surface area contributed by atoms with Crippen LogP contribution in [-0.4, -0.2) is 34.2 Å². The minimum atomic E-state index is -0.237. The number of aromatic nitrogens is 1. The summed E-state index contributed by atoms with van der Waals surface area (Å²) in [4.78, 5) is 6.67. The summed E-state index contributed by atoms with van der Waals surface area (Å²) in [5, 5.41) is 12.3. The lowest BCUT2D eigenvalue weighted by Crippen LogP contribution is -2.43. The smallest absolute Gasteiger partial charge is 0.126 e. The molecule has 0 atom stereocenters. The molecule has 0 saturated heterocycles. The Labute approximate surface area is 111 Å². The summed E-state index contributed by atoms with van der Waals surface area (Å²) in [7, 11) is 1.99. The first-order valence-electron chi connectivity index (χ1n) is 5.82. The SMILES string of the molecule is CN(Cc1csc(-c2ccoc2)n1)C(C)(C)CO. The van der Waals surface area contributed by atoms with E-state index in [1.807, 2.05) is 32.3 Å². The zero-order valence-corrected chi connectivity index (χ0v) is 11.7. The number of likely N-dealkylation sites (N-methyl/N-ethyl adjacent to an activating group) is 1. The fourth-order valence-electron chi connectivity index (χ4n) is 1.48. The monoisotopic (exact) mass is 266 g/mol. The van der Waals surface area contributed by atoms with Gasteiger partial charge in [0.15, 0.2) is 0 Å². The lowest BCUT2D eigenvalue weighted by molar-refractivity contribution is 0.0726.